The molecule has 2 unspecified atom stereocenters. The van der Waals surface area contributed by atoms with Gasteiger partial charge in [-0.1, -0.05) is 0 Å². The second-order valence-corrected chi connectivity index (χ2v) is 4.85. The number of hydrogen-bond acceptors (Lipinski definition) is 3. The molecule has 1 N–H and O–H groups in total. The molecule has 2 fully saturated rings. The van der Waals surface area contributed by atoms with Gasteiger partial charge in [0, 0.05) is 25.8 Å². The lowest BCUT2D eigenvalue weighted by Gasteiger charge is -2.31. The molecule has 2 aliphatic rings. The minimum absolute atomic E-state index is 0.394. The van der Waals surface area contributed by atoms with Crippen LogP contribution in [0.1, 0.15) is 39.0 Å². The highest BCUT2D eigenvalue weighted by molar-refractivity contribution is 4.85. The molecule has 3 nitrogen and oxygen atoms in total. The summed E-state index contributed by atoms with van der Waals surface area (Å²) in [5.74, 6) is 0. The van der Waals surface area contributed by atoms with Crippen molar-refractivity contribution >= 4 is 0 Å². The molecule has 0 radical (unpaired) electrons. The Morgan fingerprint density at radius 1 is 1.13 bits per heavy atom. The van der Waals surface area contributed by atoms with Crippen molar-refractivity contribution in [1.82, 2.24) is 5.32 Å². The number of nitrogens with one attached hydrogen (secondary N) is 1. The van der Waals surface area contributed by atoms with Crippen molar-refractivity contribution in [1.29, 1.82) is 0 Å². The summed E-state index contributed by atoms with van der Waals surface area (Å²) < 4.78 is 10.9. The average molecular weight is 213 g/mol. The van der Waals surface area contributed by atoms with Gasteiger partial charge in [0.25, 0.3) is 0 Å². The molecule has 0 amide bonds. The van der Waals surface area contributed by atoms with Crippen LogP contribution in [0.3, 0.4) is 0 Å². The Kier molecular flexibility index (Phi) is 4.00. The van der Waals surface area contributed by atoms with Crippen LogP contribution in [0.5, 0.6) is 0 Å². The van der Waals surface area contributed by atoms with Gasteiger partial charge in [0.05, 0.1) is 12.2 Å². The van der Waals surface area contributed by atoms with Gasteiger partial charge < -0.3 is 14.8 Å². The van der Waals surface area contributed by atoms with Crippen molar-refractivity contribution in [2.24, 2.45) is 0 Å². The summed E-state index contributed by atoms with van der Waals surface area (Å²) in [6, 6.07) is 1.26. The molecule has 1 aliphatic heterocycles. The molecule has 0 bridgehead atoms. The van der Waals surface area contributed by atoms with Crippen LogP contribution in [0, 0.1) is 0 Å². The van der Waals surface area contributed by atoms with E-state index in [9.17, 15) is 0 Å². The molecule has 0 aromatic heterocycles. The number of ether oxygens (including phenoxy) is 2. The maximum absolute atomic E-state index is 5.56. The second-order valence-electron chi connectivity index (χ2n) is 4.85. The molecule has 2 rings (SSSR count). The number of hydrogen-bond donors (Lipinski definition) is 1. The molecular weight excluding hydrogens is 190 g/mol. The maximum atomic E-state index is 5.56. The summed E-state index contributed by atoms with van der Waals surface area (Å²) in [7, 11) is 1.82. The molecule has 3 heteroatoms. The van der Waals surface area contributed by atoms with Crippen molar-refractivity contribution in [3.05, 3.63) is 0 Å². The summed E-state index contributed by atoms with van der Waals surface area (Å²) in [5, 5.41) is 3.73. The van der Waals surface area contributed by atoms with Crippen molar-refractivity contribution in [3.63, 3.8) is 0 Å². The highest BCUT2D eigenvalue weighted by atomic mass is 16.5. The van der Waals surface area contributed by atoms with E-state index in [0.29, 0.717) is 24.3 Å². The van der Waals surface area contributed by atoms with Crippen LogP contribution in [-0.4, -0.2) is 38.0 Å². The molecule has 88 valence electrons. The van der Waals surface area contributed by atoms with E-state index in [1.165, 1.54) is 32.1 Å². The van der Waals surface area contributed by atoms with Crippen LogP contribution in [0.25, 0.3) is 0 Å². The van der Waals surface area contributed by atoms with E-state index in [4.69, 9.17) is 9.47 Å². The highest BCUT2D eigenvalue weighted by Gasteiger charge is 2.28. The van der Waals surface area contributed by atoms with Crippen LogP contribution in [-0.2, 0) is 9.47 Å². The topological polar surface area (TPSA) is 30.5 Å². The first-order valence-electron chi connectivity index (χ1n) is 6.20. The minimum atomic E-state index is 0.394. The van der Waals surface area contributed by atoms with E-state index in [0.717, 1.165) is 6.61 Å². The molecule has 1 aliphatic carbocycles. The standard InChI is InChI=1S/C12H23NO2/c1-9-12(7-8-15-9)13-10-3-5-11(14-2)6-4-10/h9-13H,3-8H2,1-2H3. The Bertz CT molecular complexity index is 190. The lowest BCUT2D eigenvalue weighted by Crippen LogP contribution is -2.44. The summed E-state index contributed by atoms with van der Waals surface area (Å²) in [6.07, 6.45) is 6.98. The van der Waals surface area contributed by atoms with E-state index in [2.05, 4.69) is 12.2 Å². The Morgan fingerprint density at radius 3 is 2.40 bits per heavy atom. The third-order valence-electron chi connectivity index (χ3n) is 3.83. The normalized spacial score (nSPS) is 42.0. The van der Waals surface area contributed by atoms with Crippen LogP contribution in [0.15, 0.2) is 0 Å². The van der Waals surface area contributed by atoms with Crippen LogP contribution < -0.4 is 5.32 Å². The van der Waals surface area contributed by atoms with Gasteiger partial charge in [-0.3, -0.25) is 0 Å². The van der Waals surface area contributed by atoms with E-state index >= 15 is 0 Å². The van der Waals surface area contributed by atoms with Gasteiger partial charge in [-0.25, -0.2) is 0 Å². The van der Waals surface area contributed by atoms with E-state index in [1.807, 2.05) is 7.11 Å². The zero-order valence-electron chi connectivity index (χ0n) is 9.87. The van der Waals surface area contributed by atoms with E-state index in [1.54, 1.807) is 0 Å². The molecule has 1 saturated carbocycles. The third-order valence-corrected chi connectivity index (χ3v) is 3.83. The van der Waals surface area contributed by atoms with Crippen molar-refractivity contribution in [2.45, 2.75) is 63.3 Å². The lowest BCUT2D eigenvalue weighted by molar-refractivity contribution is 0.0579. The predicted octanol–water partition coefficient (Wildman–Crippen LogP) is 1.71. The van der Waals surface area contributed by atoms with Crippen LogP contribution in [0.2, 0.25) is 0 Å². The van der Waals surface area contributed by atoms with Crippen molar-refractivity contribution < 1.29 is 9.47 Å². The molecule has 0 aromatic rings. The maximum Gasteiger partial charge on any atom is 0.0700 e. The molecule has 0 spiro atoms. The van der Waals surface area contributed by atoms with Gasteiger partial charge in [0.1, 0.15) is 0 Å². The first-order chi connectivity index (χ1) is 7.29. The molecule has 15 heavy (non-hydrogen) atoms. The lowest BCUT2D eigenvalue weighted by atomic mass is 9.92. The Morgan fingerprint density at radius 2 is 1.87 bits per heavy atom. The molecular formula is C12H23NO2. The van der Waals surface area contributed by atoms with Gasteiger partial charge in [0.15, 0.2) is 0 Å². The van der Waals surface area contributed by atoms with E-state index < -0.39 is 0 Å². The summed E-state index contributed by atoms with van der Waals surface area (Å²) in [5.41, 5.74) is 0. The SMILES string of the molecule is COC1CCC(NC2CCOC2C)CC1. The first-order valence-corrected chi connectivity index (χ1v) is 6.20. The fraction of sp³-hybridized carbons (Fsp3) is 1.00. The number of methoxy groups -OCH3 is 1. The van der Waals surface area contributed by atoms with E-state index in [-0.39, 0.29) is 0 Å². The Labute approximate surface area is 92.5 Å². The van der Waals surface area contributed by atoms with Crippen molar-refractivity contribution in [3.8, 4) is 0 Å². The summed E-state index contributed by atoms with van der Waals surface area (Å²) in [6.45, 7) is 3.09. The predicted molar refractivity (Wildman–Crippen MR) is 60.0 cm³/mol. The van der Waals surface area contributed by atoms with Gasteiger partial charge in [-0.05, 0) is 39.0 Å². The fourth-order valence-corrected chi connectivity index (χ4v) is 2.72. The average Bonchev–Trinajstić information content (AvgIpc) is 2.66. The monoisotopic (exact) mass is 213 g/mol. The summed E-state index contributed by atoms with van der Waals surface area (Å²) in [4.78, 5) is 0. The zero-order chi connectivity index (χ0) is 10.7. The van der Waals surface area contributed by atoms with Crippen molar-refractivity contribution in [2.75, 3.05) is 13.7 Å². The third kappa shape index (κ3) is 2.92. The van der Waals surface area contributed by atoms with Gasteiger partial charge in [-0.15, -0.1) is 0 Å². The second kappa shape index (κ2) is 5.28. The Balaban J connectivity index is 1.72. The van der Waals surface area contributed by atoms with Crippen LogP contribution >= 0.6 is 0 Å². The molecule has 0 aromatic carbocycles. The zero-order valence-corrected chi connectivity index (χ0v) is 9.87. The van der Waals surface area contributed by atoms with Gasteiger partial charge in [0.2, 0.25) is 0 Å². The quantitative estimate of drug-likeness (QED) is 0.774. The van der Waals surface area contributed by atoms with Crippen LogP contribution in [0.4, 0.5) is 0 Å². The number of rotatable bonds is 3. The summed E-state index contributed by atoms with van der Waals surface area (Å²) >= 11 is 0. The molecule has 2 atom stereocenters. The minimum Gasteiger partial charge on any atom is -0.381 e. The van der Waals surface area contributed by atoms with Gasteiger partial charge in [-0.2, -0.15) is 0 Å². The Hall–Kier alpha value is -0.120. The molecule has 1 saturated heterocycles. The largest absolute Gasteiger partial charge is 0.381 e. The highest BCUT2D eigenvalue weighted by Crippen LogP contribution is 2.23. The smallest absolute Gasteiger partial charge is 0.0700 e. The first kappa shape index (κ1) is 11.4. The fourth-order valence-electron chi connectivity index (χ4n) is 2.72. The van der Waals surface area contributed by atoms with Gasteiger partial charge >= 0.3 is 0 Å². The molecule has 1 heterocycles.